The minimum absolute atomic E-state index is 0.165. The molecule has 3 rings (SSSR count). The molecule has 3 aromatic rings. The number of anilines is 1. The Morgan fingerprint density at radius 2 is 2.04 bits per heavy atom. The molecule has 0 atom stereocenters. The summed E-state index contributed by atoms with van der Waals surface area (Å²) in [6.07, 6.45) is 3.97. The van der Waals surface area contributed by atoms with Gasteiger partial charge in [0.1, 0.15) is 17.1 Å². The summed E-state index contributed by atoms with van der Waals surface area (Å²) < 4.78 is 12.4. The van der Waals surface area contributed by atoms with E-state index in [1.807, 2.05) is 35.9 Å². The molecule has 0 aliphatic rings. The number of pyridine rings is 1. The number of nitrogens with one attached hydrogen (secondary N) is 1. The van der Waals surface area contributed by atoms with Gasteiger partial charge in [-0.3, -0.25) is 4.79 Å². The second kappa shape index (κ2) is 6.62. The quantitative estimate of drug-likeness (QED) is 0.783. The zero-order valence-corrected chi connectivity index (χ0v) is 13.9. The number of carbonyl (C=O) groups is 1. The minimum atomic E-state index is -0.165. The second-order valence-corrected chi connectivity index (χ2v) is 5.49. The second-order valence-electron chi connectivity index (χ2n) is 5.49. The number of benzene rings is 1. The van der Waals surface area contributed by atoms with Crippen molar-refractivity contribution < 1.29 is 14.3 Å². The van der Waals surface area contributed by atoms with E-state index in [9.17, 15) is 4.79 Å². The Labute approximate surface area is 140 Å². The van der Waals surface area contributed by atoms with Crippen molar-refractivity contribution in [3.05, 3.63) is 54.0 Å². The van der Waals surface area contributed by atoms with Gasteiger partial charge < -0.3 is 19.2 Å². The van der Waals surface area contributed by atoms with Crippen molar-refractivity contribution in [3.8, 4) is 11.5 Å². The summed E-state index contributed by atoms with van der Waals surface area (Å²) in [7, 11) is 3.13. The van der Waals surface area contributed by atoms with Crippen molar-refractivity contribution in [2.75, 3.05) is 19.5 Å². The van der Waals surface area contributed by atoms with E-state index in [2.05, 4.69) is 10.3 Å². The van der Waals surface area contributed by atoms with E-state index in [4.69, 9.17) is 9.47 Å². The lowest BCUT2D eigenvalue weighted by molar-refractivity contribution is -0.115. The number of rotatable bonds is 5. The Bertz CT molecular complexity index is 886. The fraction of sp³-hybridized carbons (Fsp3) is 0.222. The summed E-state index contributed by atoms with van der Waals surface area (Å²) in [5, 5.41) is 2.85. The van der Waals surface area contributed by atoms with Crippen molar-refractivity contribution in [1.82, 2.24) is 9.38 Å². The van der Waals surface area contributed by atoms with Crippen LogP contribution in [0, 0.1) is 6.92 Å². The van der Waals surface area contributed by atoms with Crippen LogP contribution in [0.3, 0.4) is 0 Å². The van der Waals surface area contributed by atoms with Gasteiger partial charge in [0.25, 0.3) is 0 Å². The van der Waals surface area contributed by atoms with Crippen molar-refractivity contribution in [1.29, 1.82) is 0 Å². The highest BCUT2D eigenvalue weighted by molar-refractivity contribution is 5.93. The number of carbonyl (C=O) groups excluding carboxylic acids is 1. The van der Waals surface area contributed by atoms with E-state index in [0.717, 1.165) is 11.2 Å². The van der Waals surface area contributed by atoms with Gasteiger partial charge in [0.15, 0.2) is 0 Å². The third-order valence-electron chi connectivity index (χ3n) is 3.69. The predicted octanol–water partition coefficient (Wildman–Crippen LogP) is 2.84. The number of hydrogen-bond donors (Lipinski definition) is 1. The standard InChI is InChI=1S/C18H19N3O3/c1-12-6-7-21-11-13(19-17(21)8-12)9-18(22)20-15-10-14(23-2)4-5-16(15)24-3/h4-8,10-11H,9H2,1-3H3,(H,20,22). The first kappa shape index (κ1) is 15.9. The molecule has 0 spiro atoms. The lowest BCUT2D eigenvalue weighted by Gasteiger charge is -2.11. The first-order valence-corrected chi connectivity index (χ1v) is 7.55. The highest BCUT2D eigenvalue weighted by Gasteiger charge is 2.12. The average Bonchev–Trinajstić information content (AvgIpc) is 2.95. The van der Waals surface area contributed by atoms with Gasteiger partial charge in [-0.05, 0) is 36.8 Å². The Kier molecular flexibility index (Phi) is 4.37. The molecule has 2 aromatic heterocycles. The van der Waals surface area contributed by atoms with E-state index in [1.165, 1.54) is 0 Å². The fourth-order valence-electron chi connectivity index (χ4n) is 2.49. The number of hydrogen-bond acceptors (Lipinski definition) is 4. The maximum absolute atomic E-state index is 12.3. The molecule has 1 amide bonds. The largest absolute Gasteiger partial charge is 0.497 e. The predicted molar refractivity (Wildman–Crippen MR) is 91.8 cm³/mol. The third-order valence-corrected chi connectivity index (χ3v) is 3.69. The van der Waals surface area contributed by atoms with Crippen LogP contribution in [0.4, 0.5) is 5.69 Å². The Balaban J connectivity index is 1.77. The number of methoxy groups -OCH3 is 2. The van der Waals surface area contributed by atoms with Crippen LogP contribution in [0.25, 0.3) is 5.65 Å². The summed E-state index contributed by atoms with van der Waals surface area (Å²) in [5.41, 5.74) is 3.24. The molecule has 6 heteroatoms. The molecule has 124 valence electrons. The van der Waals surface area contributed by atoms with Crippen molar-refractivity contribution in [2.24, 2.45) is 0 Å². The van der Waals surface area contributed by atoms with E-state index in [1.54, 1.807) is 32.4 Å². The van der Waals surface area contributed by atoms with Gasteiger partial charge in [-0.1, -0.05) is 0 Å². The molecule has 0 bridgehead atoms. The summed E-state index contributed by atoms with van der Waals surface area (Å²) in [5.74, 6) is 1.06. The van der Waals surface area contributed by atoms with Crippen molar-refractivity contribution in [2.45, 2.75) is 13.3 Å². The number of nitrogens with zero attached hydrogens (tertiary/aromatic N) is 2. The number of ether oxygens (including phenoxy) is 2. The van der Waals surface area contributed by atoms with Crippen LogP contribution >= 0.6 is 0 Å². The molecule has 0 unspecified atom stereocenters. The Morgan fingerprint density at radius 3 is 2.79 bits per heavy atom. The van der Waals surface area contributed by atoms with Crippen LogP contribution in [0.1, 0.15) is 11.3 Å². The lowest BCUT2D eigenvalue weighted by atomic mass is 10.2. The molecule has 2 heterocycles. The van der Waals surface area contributed by atoms with E-state index in [0.29, 0.717) is 22.9 Å². The fourth-order valence-corrected chi connectivity index (χ4v) is 2.49. The summed E-state index contributed by atoms with van der Waals surface area (Å²) >= 11 is 0. The summed E-state index contributed by atoms with van der Waals surface area (Å²) in [4.78, 5) is 16.8. The Morgan fingerprint density at radius 1 is 1.21 bits per heavy atom. The number of imidazole rings is 1. The van der Waals surface area contributed by atoms with E-state index >= 15 is 0 Å². The molecule has 0 radical (unpaired) electrons. The van der Waals surface area contributed by atoms with Crippen molar-refractivity contribution in [3.63, 3.8) is 0 Å². The summed E-state index contributed by atoms with van der Waals surface area (Å²) in [6.45, 7) is 2.01. The molecule has 1 aromatic carbocycles. The zero-order chi connectivity index (χ0) is 17.1. The number of amides is 1. The molecule has 0 saturated heterocycles. The number of aromatic nitrogens is 2. The molecule has 0 saturated carbocycles. The van der Waals surface area contributed by atoms with Crippen molar-refractivity contribution >= 4 is 17.2 Å². The monoisotopic (exact) mass is 325 g/mol. The number of fused-ring (bicyclic) bond motifs is 1. The molecular weight excluding hydrogens is 306 g/mol. The van der Waals surface area contributed by atoms with Gasteiger partial charge in [0, 0.05) is 18.5 Å². The lowest BCUT2D eigenvalue weighted by Crippen LogP contribution is -2.15. The van der Waals surface area contributed by atoms with E-state index < -0.39 is 0 Å². The maximum atomic E-state index is 12.3. The summed E-state index contributed by atoms with van der Waals surface area (Å²) in [6, 6.07) is 9.23. The van der Waals surface area contributed by atoms with Gasteiger partial charge in [-0.15, -0.1) is 0 Å². The first-order valence-electron chi connectivity index (χ1n) is 7.55. The highest BCUT2D eigenvalue weighted by Crippen LogP contribution is 2.28. The van der Waals surface area contributed by atoms with Crippen LogP contribution in [0.15, 0.2) is 42.7 Å². The average molecular weight is 325 g/mol. The molecule has 1 N–H and O–H groups in total. The van der Waals surface area contributed by atoms with E-state index in [-0.39, 0.29) is 12.3 Å². The third kappa shape index (κ3) is 3.32. The molecular formula is C18H19N3O3. The van der Waals surface area contributed by atoms with Gasteiger partial charge in [0.05, 0.1) is 32.0 Å². The molecule has 0 aliphatic carbocycles. The topological polar surface area (TPSA) is 64.9 Å². The van der Waals surface area contributed by atoms with Crippen LogP contribution in [0.2, 0.25) is 0 Å². The van der Waals surface area contributed by atoms with Gasteiger partial charge in [-0.2, -0.15) is 0 Å². The number of aryl methyl sites for hydroxylation is 1. The van der Waals surface area contributed by atoms with Gasteiger partial charge >= 0.3 is 0 Å². The van der Waals surface area contributed by atoms with Crippen LogP contribution < -0.4 is 14.8 Å². The van der Waals surface area contributed by atoms with Crippen LogP contribution in [0.5, 0.6) is 11.5 Å². The maximum Gasteiger partial charge on any atom is 0.230 e. The first-order chi connectivity index (χ1) is 11.6. The highest BCUT2D eigenvalue weighted by atomic mass is 16.5. The van der Waals surface area contributed by atoms with Gasteiger partial charge in [-0.25, -0.2) is 4.98 Å². The molecule has 6 nitrogen and oxygen atoms in total. The smallest absolute Gasteiger partial charge is 0.230 e. The van der Waals surface area contributed by atoms with Crippen LogP contribution in [-0.2, 0) is 11.2 Å². The van der Waals surface area contributed by atoms with Crippen LogP contribution in [-0.4, -0.2) is 29.5 Å². The SMILES string of the molecule is COc1ccc(OC)c(NC(=O)Cc2cn3ccc(C)cc3n2)c1. The Hall–Kier alpha value is -3.02. The molecule has 0 aliphatic heterocycles. The minimum Gasteiger partial charge on any atom is -0.497 e. The molecule has 24 heavy (non-hydrogen) atoms. The van der Waals surface area contributed by atoms with Gasteiger partial charge in [0.2, 0.25) is 5.91 Å². The zero-order valence-electron chi connectivity index (χ0n) is 13.9. The molecule has 0 fully saturated rings. The normalized spacial score (nSPS) is 10.6.